The lowest BCUT2D eigenvalue weighted by molar-refractivity contribution is 0.163. The van der Waals surface area contributed by atoms with Crippen LogP contribution in [0.25, 0.3) is 5.69 Å². The van der Waals surface area contributed by atoms with Gasteiger partial charge in [-0.3, -0.25) is 4.98 Å². The first-order valence-electron chi connectivity index (χ1n) is 9.41. The third-order valence-corrected chi connectivity index (χ3v) is 5.51. The highest BCUT2D eigenvalue weighted by Crippen LogP contribution is 2.39. The summed E-state index contributed by atoms with van der Waals surface area (Å²) in [4.78, 5) is 6.82. The van der Waals surface area contributed by atoms with Crippen molar-refractivity contribution in [2.45, 2.75) is 19.0 Å². The normalized spacial score (nSPS) is 19.1. The van der Waals surface area contributed by atoms with E-state index in [9.17, 15) is 0 Å². The van der Waals surface area contributed by atoms with Crippen molar-refractivity contribution < 1.29 is 4.74 Å². The standard InChI is InChI=1S/C22H24N4OS/c1-16-11-12-19(26(16)17-8-4-3-5-9-17)21-20(18-10-6-7-13-23-18)24-22(28)25(21)14-15-27-2/h3-13,20-21H,14-15H2,1-2H3,(H,24,28). The third-order valence-electron chi connectivity index (χ3n) is 5.16. The molecule has 3 aromatic rings. The van der Waals surface area contributed by atoms with Gasteiger partial charge in [0.1, 0.15) is 0 Å². The molecule has 2 aromatic heterocycles. The minimum absolute atomic E-state index is 0.0199. The summed E-state index contributed by atoms with van der Waals surface area (Å²) in [6.07, 6.45) is 1.83. The molecule has 2 unspecified atom stereocenters. The molecule has 28 heavy (non-hydrogen) atoms. The van der Waals surface area contributed by atoms with Gasteiger partial charge in [-0.05, 0) is 55.5 Å². The lowest BCUT2D eigenvalue weighted by Crippen LogP contribution is -2.33. The molecule has 1 aliphatic rings. The highest BCUT2D eigenvalue weighted by atomic mass is 32.1. The van der Waals surface area contributed by atoms with Crippen LogP contribution >= 0.6 is 12.2 Å². The van der Waals surface area contributed by atoms with Crippen molar-refractivity contribution in [1.82, 2.24) is 19.8 Å². The van der Waals surface area contributed by atoms with E-state index in [0.717, 1.165) is 23.0 Å². The first-order valence-corrected chi connectivity index (χ1v) is 9.82. The Bertz CT molecular complexity index is 942. The zero-order valence-corrected chi connectivity index (χ0v) is 16.9. The lowest BCUT2D eigenvalue weighted by Gasteiger charge is -2.29. The van der Waals surface area contributed by atoms with E-state index < -0.39 is 0 Å². The van der Waals surface area contributed by atoms with E-state index in [-0.39, 0.29) is 12.1 Å². The number of aryl methyl sites for hydroxylation is 1. The van der Waals surface area contributed by atoms with E-state index in [4.69, 9.17) is 17.0 Å². The Labute approximate surface area is 171 Å². The topological polar surface area (TPSA) is 42.3 Å². The molecular formula is C22H24N4OS. The molecule has 1 N–H and O–H groups in total. The zero-order chi connectivity index (χ0) is 19.5. The molecular weight excluding hydrogens is 368 g/mol. The smallest absolute Gasteiger partial charge is 0.170 e. The average Bonchev–Trinajstić information content (AvgIpc) is 3.27. The number of hydrogen-bond acceptors (Lipinski definition) is 3. The summed E-state index contributed by atoms with van der Waals surface area (Å²) < 4.78 is 7.65. The Morgan fingerprint density at radius 2 is 1.86 bits per heavy atom. The van der Waals surface area contributed by atoms with Gasteiger partial charge < -0.3 is 19.5 Å². The maximum absolute atomic E-state index is 5.70. The highest BCUT2D eigenvalue weighted by Gasteiger charge is 2.41. The summed E-state index contributed by atoms with van der Waals surface area (Å²) in [5.74, 6) is 0. The SMILES string of the molecule is COCCN1C(=S)NC(c2ccccn2)C1c1ccc(C)n1-c1ccccc1. The fraction of sp³-hybridized carbons (Fsp3) is 0.273. The molecule has 144 valence electrons. The summed E-state index contributed by atoms with van der Waals surface area (Å²) in [6, 6.07) is 20.8. The Hall–Kier alpha value is -2.70. The van der Waals surface area contributed by atoms with Crippen molar-refractivity contribution >= 4 is 17.3 Å². The van der Waals surface area contributed by atoms with Gasteiger partial charge in [-0.1, -0.05) is 24.3 Å². The van der Waals surface area contributed by atoms with Crippen molar-refractivity contribution in [2.75, 3.05) is 20.3 Å². The van der Waals surface area contributed by atoms with Crippen molar-refractivity contribution in [1.29, 1.82) is 0 Å². The number of benzene rings is 1. The van der Waals surface area contributed by atoms with Crippen molar-refractivity contribution in [3.05, 3.63) is 83.9 Å². The summed E-state index contributed by atoms with van der Waals surface area (Å²) in [6.45, 7) is 3.46. The number of nitrogens with one attached hydrogen (secondary N) is 1. The second kappa shape index (κ2) is 8.12. The summed E-state index contributed by atoms with van der Waals surface area (Å²) in [5.41, 5.74) is 4.49. The van der Waals surface area contributed by atoms with E-state index >= 15 is 0 Å². The number of thiocarbonyl (C=S) groups is 1. The van der Waals surface area contributed by atoms with Gasteiger partial charge in [0, 0.05) is 36.9 Å². The van der Waals surface area contributed by atoms with Crippen molar-refractivity contribution in [2.24, 2.45) is 0 Å². The maximum atomic E-state index is 5.70. The van der Waals surface area contributed by atoms with E-state index in [0.29, 0.717) is 6.61 Å². The molecule has 0 saturated carbocycles. The van der Waals surface area contributed by atoms with Gasteiger partial charge in [0.15, 0.2) is 5.11 Å². The highest BCUT2D eigenvalue weighted by molar-refractivity contribution is 7.80. The molecule has 1 aromatic carbocycles. The molecule has 0 radical (unpaired) electrons. The molecule has 3 heterocycles. The quantitative estimate of drug-likeness (QED) is 0.647. The minimum atomic E-state index is -0.0256. The van der Waals surface area contributed by atoms with Crippen LogP contribution in [0.1, 0.15) is 29.2 Å². The molecule has 0 spiro atoms. The molecule has 0 aliphatic carbocycles. The minimum Gasteiger partial charge on any atom is -0.383 e. The van der Waals surface area contributed by atoms with Crippen LogP contribution in [0.4, 0.5) is 0 Å². The molecule has 0 amide bonds. The number of rotatable bonds is 6. The largest absolute Gasteiger partial charge is 0.383 e. The number of pyridine rings is 1. The summed E-state index contributed by atoms with van der Waals surface area (Å²) >= 11 is 5.70. The van der Waals surface area contributed by atoms with E-state index in [2.05, 4.69) is 69.2 Å². The number of para-hydroxylation sites is 1. The monoisotopic (exact) mass is 392 g/mol. The maximum Gasteiger partial charge on any atom is 0.170 e. The first kappa shape index (κ1) is 18.7. The molecule has 6 heteroatoms. The van der Waals surface area contributed by atoms with Crippen LogP contribution < -0.4 is 5.32 Å². The second-order valence-corrected chi connectivity index (χ2v) is 7.27. The van der Waals surface area contributed by atoms with Gasteiger partial charge in [0.05, 0.1) is 24.4 Å². The molecule has 0 bridgehead atoms. The average molecular weight is 393 g/mol. The summed E-state index contributed by atoms with van der Waals surface area (Å²) in [5, 5.41) is 4.22. The number of nitrogens with zero attached hydrogens (tertiary/aromatic N) is 3. The Morgan fingerprint density at radius 1 is 1.07 bits per heavy atom. The summed E-state index contributed by atoms with van der Waals surface area (Å²) in [7, 11) is 1.72. The third kappa shape index (κ3) is 3.41. The van der Waals surface area contributed by atoms with Crippen LogP contribution in [0.5, 0.6) is 0 Å². The van der Waals surface area contributed by atoms with Gasteiger partial charge >= 0.3 is 0 Å². The van der Waals surface area contributed by atoms with Gasteiger partial charge in [0.2, 0.25) is 0 Å². The van der Waals surface area contributed by atoms with Crippen LogP contribution in [0.2, 0.25) is 0 Å². The van der Waals surface area contributed by atoms with E-state index in [1.54, 1.807) is 7.11 Å². The van der Waals surface area contributed by atoms with Crippen LogP contribution in [0.3, 0.4) is 0 Å². The molecule has 1 aliphatic heterocycles. The van der Waals surface area contributed by atoms with Crippen molar-refractivity contribution in [3.8, 4) is 5.69 Å². The predicted octanol–water partition coefficient (Wildman–Crippen LogP) is 3.80. The van der Waals surface area contributed by atoms with Crippen LogP contribution in [-0.4, -0.2) is 39.8 Å². The van der Waals surface area contributed by atoms with E-state index in [1.165, 1.54) is 11.4 Å². The predicted molar refractivity (Wildman–Crippen MR) is 115 cm³/mol. The number of aromatic nitrogens is 2. The molecule has 4 rings (SSSR count). The Kier molecular flexibility index (Phi) is 5.41. The first-order chi connectivity index (χ1) is 13.7. The van der Waals surface area contributed by atoms with Gasteiger partial charge in [-0.15, -0.1) is 0 Å². The van der Waals surface area contributed by atoms with Gasteiger partial charge in [-0.2, -0.15) is 0 Å². The molecule has 1 fully saturated rings. The number of hydrogen-bond donors (Lipinski definition) is 1. The fourth-order valence-corrected chi connectivity index (χ4v) is 4.21. The number of methoxy groups -OCH3 is 1. The van der Waals surface area contributed by atoms with Gasteiger partial charge in [-0.25, -0.2) is 0 Å². The van der Waals surface area contributed by atoms with Crippen LogP contribution in [-0.2, 0) is 4.74 Å². The Morgan fingerprint density at radius 3 is 2.57 bits per heavy atom. The van der Waals surface area contributed by atoms with Gasteiger partial charge in [0.25, 0.3) is 0 Å². The Balaban J connectivity index is 1.82. The molecule has 5 nitrogen and oxygen atoms in total. The van der Waals surface area contributed by atoms with E-state index in [1.807, 2.05) is 24.4 Å². The van der Waals surface area contributed by atoms with Crippen LogP contribution in [0.15, 0.2) is 66.9 Å². The zero-order valence-electron chi connectivity index (χ0n) is 16.1. The fourth-order valence-electron chi connectivity index (χ4n) is 3.88. The number of ether oxygens (including phenoxy) is 1. The second-order valence-electron chi connectivity index (χ2n) is 6.88. The lowest BCUT2D eigenvalue weighted by atomic mass is 10.0. The van der Waals surface area contributed by atoms with Crippen LogP contribution in [0, 0.1) is 6.92 Å². The van der Waals surface area contributed by atoms with Crippen molar-refractivity contribution in [3.63, 3.8) is 0 Å². The molecule has 2 atom stereocenters. The molecule has 1 saturated heterocycles.